The molecule has 0 atom stereocenters. The Labute approximate surface area is 102 Å². The van der Waals surface area contributed by atoms with Gasteiger partial charge in [-0.3, -0.25) is 4.79 Å². The van der Waals surface area contributed by atoms with E-state index in [1.54, 1.807) is 7.11 Å². The lowest BCUT2D eigenvalue weighted by Gasteiger charge is -2.32. The maximum atomic E-state index is 11.4. The van der Waals surface area contributed by atoms with Crippen LogP contribution in [-0.4, -0.2) is 12.9 Å². The van der Waals surface area contributed by atoms with Gasteiger partial charge in [-0.2, -0.15) is 0 Å². The number of fused-ring (bicyclic) bond motifs is 1. The molecule has 17 heavy (non-hydrogen) atoms. The van der Waals surface area contributed by atoms with Crippen LogP contribution < -0.4 is 4.74 Å². The fourth-order valence-corrected chi connectivity index (χ4v) is 3.35. The predicted octanol–water partition coefficient (Wildman–Crippen LogP) is 2.92. The third kappa shape index (κ3) is 1.86. The van der Waals surface area contributed by atoms with E-state index < -0.39 is 0 Å². The number of hydrogen-bond donors (Lipinski definition) is 0. The lowest BCUT2D eigenvalue weighted by atomic mass is 9.72. The number of benzene rings is 1. The number of rotatable bonds is 1. The van der Waals surface area contributed by atoms with Crippen molar-refractivity contribution < 1.29 is 9.53 Å². The second kappa shape index (κ2) is 3.86. The minimum atomic E-state index is 0.378. The van der Waals surface area contributed by atoms with E-state index in [1.165, 1.54) is 11.1 Å². The molecule has 0 radical (unpaired) electrons. The molecule has 0 unspecified atom stereocenters. The lowest BCUT2D eigenvalue weighted by molar-refractivity contribution is -0.122. The number of methoxy groups -OCH3 is 1. The van der Waals surface area contributed by atoms with Crippen molar-refractivity contribution in [3.8, 4) is 5.75 Å². The molecule has 0 heterocycles. The molecule has 0 bridgehead atoms. The van der Waals surface area contributed by atoms with Gasteiger partial charge in [0, 0.05) is 12.8 Å². The number of hydrogen-bond acceptors (Lipinski definition) is 2. The molecule has 2 heteroatoms. The van der Waals surface area contributed by atoms with Crippen molar-refractivity contribution in [1.82, 2.24) is 0 Å². The molecule has 3 rings (SSSR count). The van der Waals surface area contributed by atoms with E-state index in [4.69, 9.17) is 4.74 Å². The largest absolute Gasteiger partial charge is 0.497 e. The van der Waals surface area contributed by atoms with Crippen molar-refractivity contribution in [3.63, 3.8) is 0 Å². The lowest BCUT2D eigenvalue weighted by Crippen LogP contribution is -2.28. The van der Waals surface area contributed by atoms with Gasteiger partial charge in [-0.05, 0) is 54.4 Å². The van der Waals surface area contributed by atoms with Crippen molar-refractivity contribution in [1.29, 1.82) is 0 Å². The molecule has 2 aliphatic carbocycles. The summed E-state index contributed by atoms with van der Waals surface area (Å²) in [6.07, 6.45) is 5.99. The second-order valence-electron chi connectivity index (χ2n) is 5.53. The number of carbonyl (C=O) groups is 1. The van der Waals surface area contributed by atoms with Crippen molar-refractivity contribution in [2.75, 3.05) is 7.11 Å². The first kappa shape index (κ1) is 10.8. The number of Topliss-reactive ketones (excluding diaryl/α,β-unsaturated/α-hetero) is 1. The highest BCUT2D eigenvalue weighted by atomic mass is 16.5. The van der Waals surface area contributed by atoms with Gasteiger partial charge < -0.3 is 4.74 Å². The quantitative estimate of drug-likeness (QED) is 0.741. The average molecular weight is 230 g/mol. The number of carbonyl (C=O) groups excluding carboxylic acids is 1. The van der Waals surface area contributed by atoms with E-state index >= 15 is 0 Å². The first-order valence-electron chi connectivity index (χ1n) is 6.38. The van der Waals surface area contributed by atoms with Gasteiger partial charge in [0.25, 0.3) is 0 Å². The van der Waals surface area contributed by atoms with E-state index in [-0.39, 0.29) is 0 Å². The summed E-state index contributed by atoms with van der Waals surface area (Å²) in [6.45, 7) is 0. The zero-order chi connectivity index (χ0) is 11.9. The van der Waals surface area contributed by atoms with Crippen molar-refractivity contribution in [3.05, 3.63) is 29.3 Å². The van der Waals surface area contributed by atoms with Gasteiger partial charge in [-0.1, -0.05) is 6.07 Å². The third-order valence-electron chi connectivity index (χ3n) is 4.41. The first-order valence-corrected chi connectivity index (χ1v) is 6.38. The fraction of sp³-hybridized carbons (Fsp3) is 0.533. The normalized spacial score (nSPS) is 21.6. The van der Waals surface area contributed by atoms with E-state index in [0.717, 1.165) is 44.3 Å². The van der Waals surface area contributed by atoms with Gasteiger partial charge in [0.15, 0.2) is 0 Å². The summed E-state index contributed by atoms with van der Waals surface area (Å²) in [5, 5.41) is 0. The highest BCUT2D eigenvalue weighted by Crippen LogP contribution is 2.47. The Hall–Kier alpha value is -1.31. The fourth-order valence-electron chi connectivity index (χ4n) is 3.35. The molecule has 1 aromatic rings. The van der Waals surface area contributed by atoms with Gasteiger partial charge in [0.1, 0.15) is 11.5 Å². The molecular formula is C15H18O2. The van der Waals surface area contributed by atoms with Crippen molar-refractivity contribution >= 4 is 5.78 Å². The van der Waals surface area contributed by atoms with Crippen LogP contribution in [0.25, 0.3) is 0 Å². The van der Waals surface area contributed by atoms with Crippen LogP contribution in [0.4, 0.5) is 0 Å². The monoisotopic (exact) mass is 230 g/mol. The summed E-state index contributed by atoms with van der Waals surface area (Å²) in [6, 6.07) is 6.41. The smallest absolute Gasteiger partial charge is 0.132 e. The van der Waals surface area contributed by atoms with Gasteiger partial charge in [-0.15, -0.1) is 0 Å². The van der Waals surface area contributed by atoms with Crippen LogP contribution in [0.3, 0.4) is 0 Å². The zero-order valence-electron chi connectivity index (χ0n) is 10.3. The summed E-state index contributed by atoms with van der Waals surface area (Å²) < 4.78 is 5.28. The number of ether oxygens (including phenoxy) is 1. The molecule has 0 amide bonds. The Morgan fingerprint density at radius 3 is 2.53 bits per heavy atom. The summed E-state index contributed by atoms with van der Waals surface area (Å²) in [5.74, 6) is 1.40. The minimum Gasteiger partial charge on any atom is -0.497 e. The van der Waals surface area contributed by atoms with E-state index in [0.29, 0.717) is 11.2 Å². The van der Waals surface area contributed by atoms with Gasteiger partial charge >= 0.3 is 0 Å². The van der Waals surface area contributed by atoms with Crippen molar-refractivity contribution in [2.45, 2.75) is 38.5 Å². The maximum absolute atomic E-state index is 11.4. The van der Waals surface area contributed by atoms with Crippen molar-refractivity contribution in [2.24, 2.45) is 5.41 Å². The molecule has 0 aliphatic heterocycles. The van der Waals surface area contributed by atoms with Crippen LogP contribution in [0, 0.1) is 5.41 Å². The van der Waals surface area contributed by atoms with E-state index in [9.17, 15) is 4.79 Å². The Kier molecular flexibility index (Phi) is 2.46. The van der Waals surface area contributed by atoms with Crippen LogP contribution >= 0.6 is 0 Å². The SMILES string of the molecule is COc1ccc2c(c1)CC1(CCC(=O)CC1)C2. The second-order valence-corrected chi connectivity index (χ2v) is 5.53. The Balaban J connectivity index is 1.84. The molecule has 1 saturated carbocycles. The highest BCUT2D eigenvalue weighted by Gasteiger charge is 2.39. The van der Waals surface area contributed by atoms with Crippen LogP contribution in [0.15, 0.2) is 18.2 Å². The zero-order valence-corrected chi connectivity index (χ0v) is 10.3. The molecule has 2 nitrogen and oxygen atoms in total. The molecular weight excluding hydrogens is 212 g/mol. The first-order chi connectivity index (χ1) is 8.21. The summed E-state index contributed by atoms with van der Waals surface area (Å²) in [4.78, 5) is 11.4. The molecule has 1 aromatic carbocycles. The van der Waals surface area contributed by atoms with Crippen LogP contribution in [-0.2, 0) is 17.6 Å². The molecule has 2 aliphatic rings. The molecule has 0 aromatic heterocycles. The molecule has 0 saturated heterocycles. The topological polar surface area (TPSA) is 26.3 Å². The van der Waals surface area contributed by atoms with E-state index in [2.05, 4.69) is 12.1 Å². The van der Waals surface area contributed by atoms with Gasteiger partial charge in [-0.25, -0.2) is 0 Å². The standard InChI is InChI=1S/C15H18O2/c1-17-14-3-2-11-9-15(10-12(11)8-14)6-4-13(16)5-7-15/h2-3,8H,4-7,9-10H2,1H3. The highest BCUT2D eigenvalue weighted by molar-refractivity contribution is 5.79. The summed E-state index contributed by atoms with van der Waals surface area (Å²) in [5.41, 5.74) is 3.27. The summed E-state index contributed by atoms with van der Waals surface area (Å²) >= 11 is 0. The van der Waals surface area contributed by atoms with Crippen LogP contribution in [0.2, 0.25) is 0 Å². The molecule has 1 spiro atoms. The summed E-state index contributed by atoms with van der Waals surface area (Å²) in [7, 11) is 1.71. The van der Waals surface area contributed by atoms with Gasteiger partial charge in [0.2, 0.25) is 0 Å². The Bertz CT molecular complexity index is 452. The molecule has 90 valence electrons. The number of ketones is 1. The van der Waals surface area contributed by atoms with Crippen LogP contribution in [0.1, 0.15) is 36.8 Å². The predicted molar refractivity (Wildman–Crippen MR) is 66.3 cm³/mol. The van der Waals surface area contributed by atoms with Gasteiger partial charge in [0.05, 0.1) is 7.11 Å². The maximum Gasteiger partial charge on any atom is 0.132 e. The molecule has 0 N–H and O–H groups in total. The Morgan fingerprint density at radius 1 is 1.12 bits per heavy atom. The minimum absolute atomic E-state index is 0.378. The third-order valence-corrected chi connectivity index (χ3v) is 4.41. The van der Waals surface area contributed by atoms with E-state index in [1.807, 2.05) is 6.07 Å². The Morgan fingerprint density at radius 2 is 1.82 bits per heavy atom. The average Bonchev–Trinajstić information content (AvgIpc) is 2.70. The molecule has 1 fully saturated rings. The van der Waals surface area contributed by atoms with Crippen LogP contribution in [0.5, 0.6) is 5.75 Å².